The molecule has 130 valence electrons. The molecule has 2 aromatic heterocycles. The maximum atomic E-state index is 10.1. The van der Waals surface area contributed by atoms with Crippen LogP contribution in [0, 0.1) is 0 Å². The fraction of sp³-hybridized carbons (Fsp3) is 0.333. The van der Waals surface area contributed by atoms with Crippen LogP contribution in [0.15, 0.2) is 41.1 Å². The van der Waals surface area contributed by atoms with Crippen LogP contribution in [-0.4, -0.2) is 27.2 Å². The summed E-state index contributed by atoms with van der Waals surface area (Å²) in [5.41, 5.74) is 0.928. The Bertz CT molecular complexity index is 886. The largest absolute Gasteiger partial charge is 0.456 e. The fourth-order valence-corrected chi connectivity index (χ4v) is 4.35. The lowest BCUT2D eigenvalue weighted by Gasteiger charge is -2.27. The van der Waals surface area contributed by atoms with Gasteiger partial charge in [0.1, 0.15) is 11.5 Å². The third-order valence-electron chi connectivity index (χ3n) is 4.31. The molecule has 3 aromatic rings. The molecule has 0 amide bonds. The molecule has 2 atom stereocenters. The van der Waals surface area contributed by atoms with Crippen molar-refractivity contribution in [3.05, 3.63) is 41.1 Å². The van der Waals surface area contributed by atoms with Crippen molar-refractivity contribution in [1.29, 1.82) is 0 Å². The Morgan fingerprint density at radius 3 is 2.88 bits per heavy atom. The van der Waals surface area contributed by atoms with E-state index < -0.39 is 0 Å². The SMILES string of the molecule is O[C@@H]1CCCCC1Nc1nc2ccc(Oc3cncc(Br)c3)cc2s1. The van der Waals surface area contributed by atoms with Gasteiger partial charge in [-0.3, -0.25) is 4.98 Å². The number of aliphatic hydroxyl groups is 1. The molecule has 0 radical (unpaired) electrons. The first kappa shape index (κ1) is 16.8. The number of aromatic nitrogens is 2. The Morgan fingerprint density at radius 2 is 2.04 bits per heavy atom. The number of hydrogen-bond acceptors (Lipinski definition) is 6. The Kier molecular flexibility index (Phi) is 4.87. The number of rotatable bonds is 4. The van der Waals surface area contributed by atoms with Crippen LogP contribution in [0.1, 0.15) is 25.7 Å². The molecule has 1 aliphatic rings. The fourth-order valence-electron chi connectivity index (χ4n) is 3.05. The molecule has 1 aliphatic carbocycles. The Hall–Kier alpha value is -1.70. The zero-order chi connectivity index (χ0) is 17.2. The molecule has 7 heteroatoms. The van der Waals surface area contributed by atoms with Gasteiger partial charge in [-0.1, -0.05) is 24.2 Å². The van der Waals surface area contributed by atoms with Crippen molar-refractivity contribution in [2.75, 3.05) is 5.32 Å². The second-order valence-electron chi connectivity index (χ2n) is 6.19. The molecule has 2 heterocycles. The van der Waals surface area contributed by atoms with Crippen LogP contribution < -0.4 is 10.1 Å². The van der Waals surface area contributed by atoms with Crippen LogP contribution in [-0.2, 0) is 0 Å². The maximum absolute atomic E-state index is 10.1. The molecule has 1 saturated carbocycles. The number of nitrogens with zero attached hydrogens (tertiary/aromatic N) is 2. The van der Waals surface area contributed by atoms with E-state index in [0.29, 0.717) is 5.75 Å². The predicted molar refractivity (Wildman–Crippen MR) is 104 cm³/mol. The van der Waals surface area contributed by atoms with Crippen molar-refractivity contribution < 1.29 is 9.84 Å². The number of aliphatic hydroxyl groups excluding tert-OH is 1. The first-order chi connectivity index (χ1) is 12.2. The molecular weight excluding hydrogens is 402 g/mol. The van der Waals surface area contributed by atoms with E-state index >= 15 is 0 Å². The smallest absolute Gasteiger partial charge is 0.184 e. The first-order valence-corrected chi connectivity index (χ1v) is 9.92. The minimum atomic E-state index is -0.288. The summed E-state index contributed by atoms with van der Waals surface area (Å²) in [6.45, 7) is 0. The number of benzene rings is 1. The number of halogens is 1. The van der Waals surface area contributed by atoms with Gasteiger partial charge in [0.25, 0.3) is 0 Å². The van der Waals surface area contributed by atoms with Gasteiger partial charge in [-0.15, -0.1) is 0 Å². The van der Waals surface area contributed by atoms with Gasteiger partial charge in [0.05, 0.1) is 28.6 Å². The molecule has 1 unspecified atom stereocenters. The van der Waals surface area contributed by atoms with Gasteiger partial charge in [-0.05, 0) is 47.0 Å². The van der Waals surface area contributed by atoms with Crippen molar-refractivity contribution in [3.63, 3.8) is 0 Å². The number of anilines is 1. The lowest BCUT2D eigenvalue weighted by atomic mass is 9.93. The van der Waals surface area contributed by atoms with Gasteiger partial charge in [-0.25, -0.2) is 4.98 Å². The minimum Gasteiger partial charge on any atom is -0.456 e. The number of nitrogens with one attached hydrogen (secondary N) is 1. The monoisotopic (exact) mass is 419 g/mol. The zero-order valence-electron chi connectivity index (χ0n) is 13.5. The summed E-state index contributed by atoms with van der Waals surface area (Å²) in [7, 11) is 0. The van der Waals surface area contributed by atoms with Crippen LogP contribution in [0.25, 0.3) is 10.2 Å². The Morgan fingerprint density at radius 1 is 1.16 bits per heavy atom. The lowest BCUT2D eigenvalue weighted by Crippen LogP contribution is -2.36. The summed E-state index contributed by atoms with van der Waals surface area (Å²) in [4.78, 5) is 8.73. The Balaban J connectivity index is 1.52. The molecule has 2 N–H and O–H groups in total. The predicted octanol–water partition coefficient (Wildman–Crippen LogP) is 4.96. The lowest BCUT2D eigenvalue weighted by molar-refractivity contribution is 0.116. The van der Waals surface area contributed by atoms with Gasteiger partial charge in [0, 0.05) is 16.7 Å². The maximum Gasteiger partial charge on any atom is 0.184 e. The van der Waals surface area contributed by atoms with Crippen molar-refractivity contribution in [2.45, 2.75) is 37.8 Å². The normalized spacial score (nSPS) is 20.6. The van der Waals surface area contributed by atoms with Crippen molar-refractivity contribution in [3.8, 4) is 11.5 Å². The number of thiazole rings is 1. The van der Waals surface area contributed by atoms with Gasteiger partial charge in [-0.2, -0.15) is 0 Å². The van der Waals surface area contributed by atoms with E-state index in [4.69, 9.17) is 4.74 Å². The van der Waals surface area contributed by atoms with Crippen LogP contribution >= 0.6 is 27.3 Å². The Labute approximate surface area is 158 Å². The summed E-state index contributed by atoms with van der Waals surface area (Å²) in [5, 5.41) is 14.4. The second-order valence-corrected chi connectivity index (χ2v) is 8.14. The second kappa shape index (κ2) is 7.27. The molecule has 0 saturated heterocycles. The van der Waals surface area contributed by atoms with E-state index in [1.54, 1.807) is 23.7 Å². The van der Waals surface area contributed by atoms with Gasteiger partial charge < -0.3 is 15.2 Å². The molecule has 1 fully saturated rings. The topological polar surface area (TPSA) is 67.3 Å². The van der Waals surface area contributed by atoms with Gasteiger partial charge in [0.15, 0.2) is 5.13 Å². The highest BCUT2D eigenvalue weighted by molar-refractivity contribution is 9.10. The minimum absolute atomic E-state index is 0.0952. The van der Waals surface area contributed by atoms with E-state index in [-0.39, 0.29) is 12.1 Å². The van der Waals surface area contributed by atoms with E-state index in [1.807, 2.05) is 24.3 Å². The van der Waals surface area contributed by atoms with E-state index in [2.05, 4.69) is 31.2 Å². The molecule has 0 bridgehead atoms. The molecular formula is C18H18BrN3O2S. The quantitative estimate of drug-likeness (QED) is 0.625. The van der Waals surface area contributed by atoms with Crippen molar-refractivity contribution >= 4 is 42.6 Å². The van der Waals surface area contributed by atoms with Crippen molar-refractivity contribution in [2.24, 2.45) is 0 Å². The summed E-state index contributed by atoms with van der Waals surface area (Å²) in [6.07, 6.45) is 7.21. The molecule has 0 spiro atoms. The van der Waals surface area contributed by atoms with Crippen LogP contribution in [0.2, 0.25) is 0 Å². The van der Waals surface area contributed by atoms with E-state index in [9.17, 15) is 5.11 Å². The third-order valence-corrected chi connectivity index (χ3v) is 5.70. The average Bonchev–Trinajstić information content (AvgIpc) is 2.99. The molecule has 5 nitrogen and oxygen atoms in total. The standard InChI is InChI=1S/C18H18BrN3O2S/c19-11-7-13(10-20-9-11)24-12-5-6-15-17(8-12)25-18(22-15)21-14-3-1-2-4-16(14)23/h5-10,14,16,23H,1-4H2,(H,21,22)/t14?,16-/m1/s1. The summed E-state index contributed by atoms with van der Waals surface area (Å²) in [5.74, 6) is 1.43. The summed E-state index contributed by atoms with van der Waals surface area (Å²) < 4.78 is 7.80. The summed E-state index contributed by atoms with van der Waals surface area (Å²) in [6, 6.07) is 7.81. The third kappa shape index (κ3) is 3.94. The molecule has 1 aromatic carbocycles. The van der Waals surface area contributed by atoms with Crippen LogP contribution in [0.3, 0.4) is 0 Å². The summed E-state index contributed by atoms with van der Waals surface area (Å²) >= 11 is 4.97. The number of ether oxygens (including phenoxy) is 1. The average molecular weight is 420 g/mol. The van der Waals surface area contributed by atoms with Crippen molar-refractivity contribution in [1.82, 2.24) is 9.97 Å². The number of hydrogen-bond donors (Lipinski definition) is 2. The van der Waals surface area contributed by atoms with E-state index in [1.165, 1.54) is 0 Å². The molecule has 4 rings (SSSR count). The molecule has 25 heavy (non-hydrogen) atoms. The number of pyridine rings is 1. The highest BCUT2D eigenvalue weighted by Gasteiger charge is 2.23. The molecule has 0 aliphatic heterocycles. The van der Waals surface area contributed by atoms with Crippen LogP contribution in [0.4, 0.5) is 5.13 Å². The zero-order valence-corrected chi connectivity index (χ0v) is 15.9. The van der Waals surface area contributed by atoms with E-state index in [0.717, 1.165) is 51.3 Å². The highest BCUT2D eigenvalue weighted by atomic mass is 79.9. The van der Waals surface area contributed by atoms with Crippen LogP contribution in [0.5, 0.6) is 11.5 Å². The van der Waals surface area contributed by atoms with Gasteiger partial charge >= 0.3 is 0 Å². The first-order valence-electron chi connectivity index (χ1n) is 8.31. The highest BCUT2D eigenvalue weighted by Crippen LogP contribution is 2.33. The number of fused-ring (bicyclic) bond motifs is 1. The van der Waals surface area contributed by atoms with Gasteiger partial charge in [0.2, 0.25) is 0 Å².